The molecule has 2 atom stereocenters. The van der Waals surface area contributed by atoms with Gasteiger partial charge >= 0.3 is 0 Å². The number of nitrogens with one attached hydrogen (secondary N) is 1. The van der Waals surface area contributed by atoms with Gasteiger partial charge in [0, 0.05) is 19.4 Å². The summed E-state index contributed by atoms with van der Waals surface area (Å²) in [4.78, 5) is 23.7. The van der Waals surface area contributed by atoms with Crippen LogP contribution in [0.25, 0.3) is 0 Å². The minimum absolute atomic E-state index is 0.149. The van der Waals surface area contributed by atoms with E-state index in [0.29, 0.717) is 29.9 Å². The molecule has 29 heavy (non-hydrogen) atoms. The van der Waals surface area contributed by atoms with Crippen LogP contribution in [0.3, 0.4) is 0 Å². The van der Waals surface area contributed by atoms with Gasteiger partial charge in [0.1, 0.15) is 11.6 Å². The molecule has 2 rings (SSSR count). The molecule has 0 aliphatic rings. The number of aryl methyl sites for hydroxylation is 1. The molecule has 0 aliphatic heterocycles. The number of carbonyl (C=O) groups excluding carboxylic acids is 2. The van der Waals surface area contributed by atoms with Crippen LogP contribution in [0.2, 0.25) is 0 Å². The van der Waals surface area contributed by atoms with Gasteiger partial charge in [0.25, 0.3) is 0 Å². The van der Waals surface area contributed by atoms with E-state index in [1.807, 2.05) is 11.5 Å². The van der Waals surface area contributed by atoms with E-state index in [2.05, 4.69) is 29.4 Å². The summed E-state index contributed by atoms with van der Waals surface area (Å²) in [7, 11) is 0. The Morgan fingerprint density at radius 3 is 2.41 bits per heavy atom. The van der Waals surface area contributed by atoms with E-state index < -0.39 is 5.25 Å². The number of rotatable bonds is 10. The van der Waals surface area contributed by atoms with Gasteiger partial charge in [-0.05, 0) is 37.5 Å². The van der Waals surface area contributed by atoms with Crippen molar-refractivity contribution in [1.82, 2.24) is 20.1 Å². The quantitative estimate of drug-likeness (QED) is 0.574. The first-order chi connectivity index (χ1) is 13.7. The van der Waals surface area contributed by atoms with E-state index in [1.165, 1.54) is 23.9 Å². The number of aromatic nitrogens is 3. The molecule has 2 aromatic rings. The second-order valence-corrected chi connectivity index (χ2v) is 8.72. The van der Waals surface area contributed by atoms with Crippen molar-refractivity contribution in [3.63, 3.8) is 0 Å². The summed E-state index contributed by atoms with van der Waals surface area (Å²) in [6.07, 6.45) is 0.615. The van der Waals surface area contributed by atoms with Gasteiger partial charge in [0.15, 0.2) is 5.16 Å². The number of thioether (sulfide) groups is 1. The molecule has 2 unspecified atom stereocenters. The maximum Gasteiger partial charge on any atom is 0.233 e. The van der Waals surface area contributed by atoms with E-state index in [4.69, 9.17) is 5.73 Å². The average Bonchev–Trinajstić information content (AvgIpc) is 3.01. The third kappa shape index (κ3) is 6.85. The van der Waals surface area contributed by atoms with Gasteiger partial charge in [-0.2, -0.15) is 0 Å². The van der Waals surface area contributed by atoms with E-state index >= 15 is 0 Å². The van der Waals surface area contributed by atoms with E-state index in [9.17, 15) is 14.0 Å². The normalized spacial score (nSPS) is 13.3. The van der Waals surface area contributed by atoms with Crippen molar-refractivity contribution < 1.29 is 14.0 Å². The average molecular weight is 422 g/mol. The lowest BCUT2D eigenvalue weighted by molar-refractivity contribution is -0.121. The predicted molar refractivity (Wildman–Crippen MR) is 111 cm³/mol. The maximum atomic E-state index is 13.1. The molecule has 0 saturated heterocycles. The second-order valence-electron chi connectivity index (χ2n) is 7.41. The molecule has 9 heteroatoms. The van der Waals surface area contributed by atoms with Gasteiger partial charge in [-0.15, -0.1) is 10.2 Å². The zero-order valence-corrected chi connectivity index (χ0v) is 18.0. The number of carbonyl (C=O) groups is 2. The van der Waals surface area contributed by atoms with Crippen LogP contribution in [0.4, 0.5) is 4.39 Å². The third-order valence-corrected chi connectivity index (χ3v) is 5.40. The Balaban J connectivity index is 2.06. The van der Waals surface area contributed by atoms with Crippen LogP contribution in [-0.2, 0) is 22.6 Å². The Labute approximate surface area is 174 Å². The lowest BCUT2D eigenvalue weighted by Crippen LogP contribution is -2.33. The van der Waals surface area contributed by atoms with Gasteiger partial charge in [-0.1, -0.05) is 37.7 Å². The zero-order chi connectivity index (χ0) is 21.6. The molecule has 7 nitrogen and oxygen atoms in total. The topological polar surface area (TPSA) is 103 Å². The first-order valence-corrected chi connectivity index (χ1v) is 10.5. The van der Waals surface area contributed by atoms with Crippen LogP contribution in [0.15, 0.2) is 29.4 Å². The Hall–Kier alpha value is -2.42. The summed E-state index contributed by atoms with van der Waals surface area (Å²) in [5, 5.41) is 11.6. The molecule has 1 heterocycles. The molecule has 0 saturated carbocycles. The molecule has 3 N–H and O–H groups in total. The first kappa shape index (κ1) is 22.9. The van der Waals surface area contributed by atoms with Gasteiger partial charge in [0.2, 0.25) is 11.8 Å². The number of benzene rings is 1. The van der Waals surface area contributed by atoms with E-state index in [0.717, 1.165) is 5.56 Å². The fraction of sp³-hybridized carbons (Fsp3) is 0.500. The van der Waals surface area contributed by atoms with Crippen LogP contribution in [0.1, 0.15) is 51.5 Å². The lowest BCUT2D eigenvalue weighted by Gasteiger charge is -2.18. The van der Waals surface area contributed by atoms with Crippen LogP contribution >= 0.6 is 11.8 Å². The standard InChI is InChI=1S/C20H28FN5O2S/c1-12(2)11-26-18(10-9-17(22)27)24-25-20(26)29-14(4)19(28)23-13(3)15-5-7-16(21)8-6-15/h5-8,12-14H,9-11H2,1-4H3,(H2,22,27)(H,23,28). The Morgan fingerprint density at radius 1 is 1.17 bits per heavy atom. The molecule has 1 aromatic carbocycles. The molecule has 0 bridgehead atoms. The van der Waals surface area contributed by atoms with Gasteiger partial charge in [-0.25, -0.2) is 4.39 Å². The van der Waals surface area contributed by atoms with Gasteiger partial charge in [0.05, 0.1) is 11.3 Å². The van der Waals surface area contributed by atoms with Crippen LogP contribution in [0.5, 0.6) is 0 Å². The molecular formula is C20H28FN5O2S. The summed E-state index contributed by atoms with van der Waals surface area (Å²) >= 11 is 1.32. The molecule has 0 fully saturated rings. The Morgan fingerprint density at radius 2 is 1.83 bits per heavy atom. The second kappa shape index (κ2) is 10.4. The molecule has 158 valence electrons. The largest absolute Gasteiger partial charge is 0.370 e. The minimum atomic E-state index is -0.406. The van der Waals surface area contributed by atoms with Crippen molar-refractivity contribution in [2.24, 2.45) is 11.7 Å². The summed E-state index contributed by atoms with van der Waals surface area (Å²) in [6.45, 7) is 8.49. The molecule has 0 radical (unpaired) electrons. The van der Waals surface area contributed by atoms with Crippen LogP contribution < -0.4 is 11.1 Å². The van der Waals surface area contributed by atoms with E-state index in [1.54, 1.807) is 19.1 Å². The van der Waals surface area contributed by atoms with Crippen molar-refractivity contribution in [3.05, 3.63) is 41.5 Å². The summed E-state index contributed by atoms with van der Waals surface area (Å²) in [5.41, 5.74) is 6.07. The smallest absolute Gasteiger partial charge is 0.233 e. The summed E-state index contributed by atoms with van der Waals surface area (Å²) in [5.74, 6) is 0.186. The summed E-state index contributed by atoms with van der Waals surface area (Å²) < 4.78 is 15.0. The number of primary amides is 1. The highest BCUT2D eigenvalue weighted by molar-refractivity contribution is 8.00. The fourth-order valence-corrected chi connectivity index (χ4v) is 3.64. The molecule has 2 amide bonds. The molecular weight excluding hydrogens is 393 g/mol. The van der Waals surface area contributed by atoms with E-state index in [-0.39, 0.29) is 30.1 Å². The summed E-state index contributed by atoms with van der Waals surface area (Å²) in [6, 6.07) is 5.81. The number of amides is 2. The minimum Gasteiger partial charge on any atom is -0.370 e. The Kier molecular flexibility index (Phi) is 8.19. The number of hydrogen-bond acceptors (Lipinski definition) is 5. The lowest BCUT2D eigenvalue weighted by atomic mass is 10.1. The number of nitrogens with two attached hydrogens (primary N) is 1. The van der Waals surface area contributed by atoms with Crippen LogP contribution in [-0.4, -0.2) is 31.8 Å². The van der Waals surface area contributed by atoms with Crippen molar-refractivity contribution in [2.75, 3.05) is 0 Å². The number of hydrogen-bond donors (Lipinski definition) is 2. The number of nitrogens with zero attached hydrogens (tertiary/aromatic N) is 3. The van der Waals surface area contributed by atoms with Gasteiger partial charge < -0.3 is 15.6 Å². The SMILES string of the molecule is CC(C)Cn1c(CCC(N)=O)nnc1SC(C)C(=O)NC(C)c1ccc(F)cc1. The fourth-order valence-electron chi connectivity index (χ4n) is 2.75. The molecule has 1 aromatic heterocycles. The van der Waals surface area contributed by atoms with Crippen molar-refractivity contribution in [2.45, 2.75) is 63.5 Å². The monoisotopic (exact) mass is 421 g/mol. The third-order valence-electron chi connectivity index (χ3n) is 4.32. The van der Waals surface area contributed by atoms with Crippen molar-refractivity contribution >= 4 is 23.6 Å². The van der Waals surface area contributed by atoms with Crippen LogP contribution in [0, 0.1) is 11.7 Å². The zero-order valence-electron chi connectivity index (χ0n) is 17.2. The Bertz CT molecular complexity index is 838. The molecule has 0 spiro atoms. The highest BCUT2D eigenvalue weighted by atomic mass is 32.2. The highest BCUT2D eigenvalue weighted by Gasteiger charge is 2.22. The maximum absolute atomic E-state index is 13.1. The van der Waals surface area contributed by atoms with Gasteiger partial charge in [-0.3, -0.25) is 9.59 Å². The highest BCUT2D eigenvalue weighted by Crippen LogP contribution is 2.25. The molecule has 0 aliphatic carbocycles. The van der Waals surface area contributed by atoms with Crippen molar-refractivity contribution in [3.8, 4) is 0 Å². The first-order valence-electron chi connectivity index (χ1n) is 9.60. The predicted octanol–water partition coefficient (Wildman–Crippen LogP) is 2.85. The number of halogens is 1. The van der Waals surface area contributed by atoms with Crippen molar-refractivity contribution in [1.29, 1.82) is 0 Å².